The molecule has 0 saturated heterocycles. The van der Waals surface area contributed by atoms with E-state index in [-0.39, 0.29) is 18.0 Å². The number of hydrogen-bond acceptors (Lipinski definition) is 4. The molecule has 4 nitrogen and oxygen atoms in total. The SMILES string of the molecule is Nc1cc(F)cc(C(=O)OCOCc2ccccc2)c1. The number of hydrogen-bond donors (Lipinski definition) is 1. The molecule has 0 atom stereocenters. The minimum atomic E-state index is -0.677. The highest BCUT2D eigenvalue weighted by Gasteiger charge is 2.09. The van der Waals surface area contributed by atoms with Crippen LogP contribution in [-0.4, -0.2) is 12.8 Å². The normalized spacial score (nSPS) is 10.2. The van der Waals surface area contributed by atoms with Gasteiger partial charge in [-0.2, -0.15) is 0 Å². The minimum Gasteiger partial charge on any atom is -0.435 e. The van der Waals surface area contributed by atoms with Gasteiger partial charge < -0.3 is 15.2 Å². The molecular weight excluding hydrogens is 261 g/mol. The maximum absolute atomic E-state index is 13.1. The number of ether oxygens (including phenoxy) is 2. The van der Waals surface area contributed by atoms with E-state index in [0.29, 0.717) is 6.61 Å². The summed E-state index contributed by atoms with van der Waals surface area (Å²) in [6, 6.07) is 13.0. The van der Waals surface area contributed by atoms with Gasteiger partial charge in [0.25, 0.3) is 0 Å². The van der Waals surface area contributed by atoms with Gasteiger partial charge in [0.1, 0.15) is 5.82 Å². The number of nitrogen functional groups attached to an aromatic ring is 1. The third-order valence-electron chi connectivity index (χ3n) is 2.54. The van der Waals surface area contributed by atoms with Gasteiger partial charge in [0.15, 0.2) is 6.79 Å². The van der Waals surface area contributed by atoms with Crippen molar-refractivity contribution in [1.29, 1.82) is 0 Å². The summed E-state index contributed by atoms with van der Waals surface area (Å²) < 4.78 is 23.2. The largest absolute Gasteiger partial charge is 0.435 e. The molecule has 2 rings (SSSR count). The summed E-state index contributed by atoms with van der Waals surface area (Å²) in [5, 5.41) is 0. The zero-order valence-corrected chi connectivity index (χ0v) is 10.7. The van der Waals surface area contributed by atoms with Crippen molar-refractivity contribution in [3.63, 3.8) is 0 Å². The van der Waals surface area contributed by atoms with Gasteiger partial charge in [0.05, 0.1) is 12.2 Å². The zero-order chi connectivity index (χ0) is 14.4. The van der Waals surface area contributed by atoms with Crippen LogP contribution in [0.3, 0.4) is 0 Å². The number of nitrogens with two attached hydrogens (primary N) is 1. The number of halogens is 1. The van der Waals surface area contributed by atoms with E-state index >= 15 is 0 Å². The molecule has 0 spiro atoms. The molecule has 0 amide bonds. The number of esters is 1. The molecule has 0 fully saturated rings. The van der Waals surface area contributed by atoms with E-state index in [2.05, 4.69) is 0 Å². The zero-order valence-electron chi connectivity index (χ0n) is 10.7. The molecule has 2 aromatic rings. The van der Waals surface area contributed by atoms with Crippen LogP contribution >= 0.6 is 0 Å². The predicted octanol–water partition coefficient (Wildman–Crippen LogP) is 2.74. The molecule has 0 saturated carbocycles. The highest BCUT2D eigenvalue weighted by atomic mass is 19.1. The molecule has 2 aromatic carbocycles. The lowest BCUT2D eigenvalue weighted by Gasteiger charge is -2.07. The highest BCUT2D eigenvalue weighted by molar-refractivity contribution is 5.90. The smallest absolute Gasteiger partial charge is 0.340 e. The van der Waals surface area contributed by atoms with Gasteiger partial charge in [-0.1, -0.05) is 30.3 Å². The quantitative estimate of drug-likeness (QED) is 0.394. The van der Waals surface area contributed by atoms with Gasteiger partial charge in [0, 0.05) is 5.69 Å². The Morgan fingerprint density at radius 2 is 1.90 bits per heavy atom. The average Bonchev–Trinajstić information content (AvgIpc) is 2.43. The fraction of sp³-hybridized carbons (Fsp3) is 0.133. The standard InChI is InChI=1S/C15H14FNO3/c16-13-6-12(7-14(17)8-13)15(18)20-10-19-9-11-4-2-1-3-5-11/h1-8H,9-10,17H2. The summed E-state index contributed by atoms with van der Waals surface area (Å²) in [6.45, 7) is 0.129. The van der Waals surface area contributed by atoms with Gasteiger partial charge in [-0.3, -0.25) is 0 Å². The second-order valence-electron chi connectivity index (χ2n) is 4.16. The number of rotatable bonds is 5. The Labute approximate surface area is 115 Å². The molecule has 0 bridgehead atoms. The predicted molar refractivity (Wildman–Crippen MR) is 72.3 cm³/mol. The Morgan fingerprint density at radius 1 is 1.15 bits per heavy atom. The van der Waals surface area contributed by atoms with Crippen molar-refractivity contribution in [2.45, 2.75) is 6.61 Å². The van der Waals surface area contributed by atoms with Crippen molar-refractivity contribution in [2.75, 3.05) is 12.5 Å². The lowest BCUT2D eigenvalue weighted by molar-refractivity contribution is -0.0381. The van der Waals surface area contributed by atoms with E-state index in [1.807, 2.05) is 30.3 Å². The van der Waals surface area contributed by atoms with Gasteiger partial charge in [-0.25, -0.2) is 9.18 Å². The van der Waals surface area contributed by atoms with Crippen molar-refractivity contribution >= 4 is 11.7 Å². The number of benzene rings is 2. The maximum Gasteiger partial charge on any atom is 0.340 e. The van der Waals surface area contributed by atoms with Gasteiger partial charge in [-0.15, -0.1) is 0 Å². The summed E-state index contributed by atoms with van der Waals surface area (Å²) in [6.07, 6.45) is 0. The van der Waals surface area contributed by atoms with E-state index in [0.717, 1.165) is 17.7 Å². The second-order valence-corrected chi connectivity index (χ2v) is 4.16. The van der Waals surface area contributed by atoms with Gasteiger partial charge in [0.2, 0.25) is 0 Å². The molecule has 2 N–H and O–H groups in total. The molecule has 0 heterocycles. The van der Waals surface area contributed by atoms with Crippen molar-refractivity contribution in [2.24, 2.45) is 0 Å². The van der Waals surface area contributed by atoms with Crippen molar-refractivity contribution in [3.05, 3.63) is 65.5 Å². The Balaban J connectivity index is 1.80. The molecule has 0 aromatic heterocycles. The maximum atomic E-state index is 13.1. The molecule has 0 aliphatic rings. The fourth-order valence-corrected chi connectivity index (χ4v) is 1.64. The van der Waals surface area contributed by atoms with Crippen LogP contribution in [-0.2, 0) is 16.1 Å². The second kappa shape index (κ2) is 6.68. The molecular formula is C15H14FNO3. The summed E-state index contributed by atoms with van der Waals surface area (Å²) >= 11 is 0. The van der Waals surface area contributed by atoms with Crippen molar-refractivity contribution in [3.8, 4) is 0 Å². The van der Waals surface area contributed by atoms with Gasteiger partial charge >= 0.3 is 5.97 Å². The van der Waals surface area contributed by atoms with Crippen LogP contribution in [0.15, 0.2) is 48.5 Å². The lowest BCUT2D eigenvalue weighted by atomic mass is 10.2. The molecule has 0 unspecified atom stereocenters. The lowest BCUT2D eigenvalue weighted by Crippen LogP contribution is -2.09. The first-order valence-corrected chi connectivity index (χ1v) is 6.00. The Morgan fingerprint density at radius 3 is 2.60 bits per heavy atom. The third-order valence-corrected chi connectivity index (χ3v) is 2.54. The monoisotopic (exact) mass is 275 g/mol. The summed E-state index contributed by atoms with van der Waals surface area (Å²) in [7, 11) is 0. The number of carbonyl (C=O) groups excluding carboxylic acids is 1. The van der Waals surface area contributed by atoms with Crippen LogP contribution in [0, 0.1) is 5.82 Å². The van der Waals surface area contributed by atoms with Crippen LogP contribution in [0.1, 0.15) is 15.9 Å². The number of anilines is 1. The van der Waals surface area contributed by atoms with E-state index < -0.39 is 11.8 Å². The van der Waals surface area contributed by atoms with Gasteiger partial charge in [-0.05, 0) is 23.8 Å². The Bertz CT molecular complexity index is 567. The van der Waals surface area contributed by atoms with E-state index in [1.54, 1.807) is 0 Å². The average molecular weight is 275 g/mol. The third kappa shape index (κ3) is 4.07. The van der Waals surface area contributed by atoms with Crippen LogP contribution in [0.25, 0.3) is 0 Å². The first-order chi connectivity index (χ1) is 9.65. The molecule has 0 radical (unpaired) electrons. The first-order valence-electron chi connectivity index (χ1n) is 6.00. The topological polar surface area (TPSA) is 61.6 Å². The Hall–Kier alpha value is -2.40. The van der Waals surface area contributed by atoms with Crippen LogP contribution < -0.4 is 5.73 Å². The van der Waals surface area contributed by atoms with E-state index in [4.69, 9.17) is 15.2 Å². The van der Waals surface area contributed by atoms with Crippen molar-refractivity contribution < 1.29 is 18.7 Å². The van der Waals surface area contributed by atoms with Crippen LogP contribution in [0.5, 0.6) is 0 Å². The molecule has 0 aliphatic carbocycles. The molecule has 0 aliphatic heterocycles. The summed E-state index contributed by atoms with van der Waals surface area (Å²) in [4.78, 5) is 11.6. The molecule has 104 valence electrons. The van der Waals surface area contributed by atoms with Crippen LogP contribution in [0.2, 0.25) is 0 Å². The first kappa shape index (κ1) is 14.0. The molecule has 5 heteroatoms. The van der Waals surface area contributed by atoms with Crippen LogP contribution in [0.4, 0.5) is 10.1 Å². The summed E-state index contributed by atoms with van der Waals surface area (Å²) in [5.41, 5.74) is 6.65. The van der Waals surface area contributed by atoms with E-state index in [1.165, 1.54) is 6.07 Å². The molecule has 20 heavy (non-hydrogen) atoms. The minimum absolute atomic E-state index is 0.0609. The summed E-state index contributed by atoms with van der Waals surface area (Å²) in [5.74, 6) is -1.26. The highest BCUT2D eigenvalue weighted by Crippen LogP contribution is 2.12. The van der Waals surface area contributed by atoms with Crippen molar-refractivity contribution in [1.82, 2.24) is 0 Å². The van der Waals surface area contributed by atoms with E-state index in [9.17, 15) is 9.18 Å². The fourth-order valence-electron chi connectivity index (χ4n) is 1.64. The number of carbonyl (C=O) groups is 1. The Kier molecular flexibility index (Phi) is 4.68.